The number of hydrogen-bond donors (Lipinski definition) is 0. The summed E-state index contributed by atoms with van der Waals surface area (Å²) in [5.74, 6) is 1.98. The number of anilines is 1. The van der Waals surface area contributed by atoms with Crippen molar-refractivity contribution in [1.29, 1.82) is 0 Å². The van der Waals surface area contributed by atoms with Crippen molar-refractivity contribution in [3.05, 3.63) is 84.4 Å². The number of alkyl halides is 1. The van der Waals surface area contributed by atoms with Crippen molar-refractivity contribution in [3.8, 4) is 17.2 Å². The molecule has 0 atom stereocenters. The van der Waals surface area contributed by atoms with Crippen molar-refractivity contribution in [1.82, 2.24) is 0 Å². The predicted molar refractivity (Wildman–Crippen MR) is 117 cm³/mol. The third kappa shape index (κ3) is 6.00. The molecule has 0 spiro atoms. The number of halogens is 1. The molecule has 150 valence electrons. The fraction of sp³-hybridized carbons (Fsp3) is 0.208. The Labute approximate surface area is 176 Å². The molecule has 29 heavy (non-hydrogen) atoms. The minimum absolute atomic E-state index is 0.0735. The molecule has 0 bridgehead atoms. The summed E-state index contributed by atoms with van der Waals surface area (Å²) in [6.07, 6.45) is 0.129. The summed E-state index contributed by atoms with van der Waals surface area (Å²) < 4.78 is 11.5. The number of rotatable bonds is 8. The molecule has 0 aromatic heterocycles. The Morgan fingerprint density at radius 3 is 1.97 bits per heavy atom. The van der Waals surface area contributed by atoms with Crippen molar-refractivity contribution in [3.63, 3.8) is 0 Å². The summed E-state index contributed by atoms with van der Waals surface area (Å²) in [7, 11) is 0. The Balaban J connectivity index is 1.70. The molecule has 0 radical (unpaired) electrons. The molecule has 0 aliphatic heterocycles. The lowest BCUT2D eigenvalue weighted by molar-refractivity contribution is -0.116. The molecule has 0 heterocycles. The van der Waals surface area contributed by atoms with Crippen LogP contribution in [0.4, 0.5) is 5.69 Å². The fourth-order valence-corrected chi connectivity index (χ4v) is 2.99. The number of carbonyl (C=O) groups is 1. The lowest BCUT2D eigenvalue weighted by Crippen LogP contribution is -2.31. The van der Waals surface area contributed by atoms with Crippen LogP contribution in [-0.2, 0) is 11.3 Å². The van der Waals surface area contributed by atoms with E-state index in [4.69, 9.17) is 21.1 Å². The lowest BCUT2D eigenvalue weighted by Gasteiger charge is -2.22. The van der Waals surface area contributed by atoms with Gasteiger partial charge >= 0.3 is 0 Å². The quantitative estimate of drug-likeness (QED) is 0.426. The average molecular weight is 410 g/mol. The van der Waals surface area contributed by atoms with Gasteiger partial charge in [-0.15, -0.1) is 11.6 Å². The molecule has 0 saturated carbocycles. The second kappa shape index (κ2) is 9.99. The maximum absolute atomic E-state index is 12.4. The number of carbonyl (C=O) groups excluding carboxylic acids is 1. The van der Waals surface area contributed by atoms with E-state index in [1.54, 1.807) is 4.90 Å². The van der Waals surface area contributed by atoms with Crippen molar-refractivity contribution < 1.29 is 14.3 Å². The molecule has 4 nitrogen and oxygen atoms in total. The summed E-state index contributed by atoms with van der Waals surface area (Å²) in [6.45, 7) is 4.44. The molecule has 1 amide bonds. The second-order valence-corrected chi connectivity index (χ2v) is 7.10. The van der Waals surface area contributed by atoms with Crippen LogP contribution in [-0.4, -0.2) is 17.9 Å². The van der Waals surface area contributed by atoms with Gasteiger partial charge in [0.05, 0.1) is 12.6 Å². The molecule has 0 aliphatic rings. The highest BCUT2D eigenvalue weighted by Gasteiger charge is 2.15. The Kier molecular flexibility index (Phi) is 7.14. The van der Waals surface area contributed by atoms with E-state index >= 15 is 0 Å². The zero-order valence-corrected chi connectivity index (χ0v) is 17.3. The lowest BCUT2D eigenvalue weighted by atomic mass is 10.2. The van der Waals surface area contributed by atoms with E-state index in [1.807, 2.05) is 92.7 Å². The van der Waals surface area contributed by atoms with Gasteiger partial charge in [-0.25, -0.2) is 0 Å². The molecule has 0 fully saturated rings. The number of amides is 1. The van der Waals surface area contributed by atoms with E-state index in [9.17, 15) is 4.79 Å². The highest BCUT2D eigenvalue weighted by molar-refractivity contribution is 6.29. The van der Waals surface area contributed by atoms with E-state index in [-0.39, 0.29) is 17.9 Å². The van der Waals surface area contributed by atoms with Gasteiger partial charge in [0.25, 0.3) is 0 Å². The van der Waals surface area contributed by atoms with E-state index in [0.717, 1.165) is 17.0 Å². The van der Waals surface area contributed by atoms with Crippen LogP contribution in [0.15, 0.2) is 78.9 Å². The number of ether oxygens (including phenoxy) is 2. The molecule has 0 saturated heterocycles. The minimum atomic E-state index is -0.148. The minimum Gasteiger partial charge on any atom is -0.491 e. The first-order chi connectivity index (χ1) is 14.0. The normalized spacial score (nSPS) is 10.6. The molecule has 3 aromatic carbocycles. The SMILES string of the molecule is CC(C)Oc1ccc(Oc2ccc(N(Cc3ccccc3)C(=O)CCl)cc2)cc1. The summed E-state index contributed by atoms with van der Waals surface area (Å²) in [5, 5.41) is 0. The van der Waals surface area contributed by atoms with Crippen molar-refractivity contribution in [2.75, 3.05) is 10.8 Å². The smallest absolute Gasteiger partial charge is 0.242 e. The second-order valence-electron chi connectivity index (χ2n) is 6.83. The van der Waals surface area contributed by atoms with Crippen LogP contribution < -0.4 is 14.4 Å². The van der Waals surface area contributed by atoms with Crippen LogP contribution in [0.25, 0.3) is 0 Å². The van der Waals surface area contributed by atoms with Crippen molar-refractivity contribution >= 4 is 23.2 Å². The Morgan fingerprint density at radius 1 is 0.862 bits per heavy atom. The van der Waals surface area contributed by atoms with Gasteiger partial charge in [-0.3, -0.25) is 4.79 Å². The molecule has 0 N–H and O–H groups in total. The van der Waals surface area contributed by atoms with Crippen LogP contribution in [0.2, 0.25) is 0 Å². The molecular weight excluding hydrogens is 386 g/mol. The number of hydrogen-bond acceptors (Lipinski definition) is 3. The van der Waals surface area contributed by atoms with Gasteiger partial charge in [-0.2, -0.15) is 0 Å². The molecule has 0 aliphatic carbocycles. The Bertz CT molecular complexity index is 909. The third-order valence-electron chi connectivity index (χ3n) is 4.18. The Hall–Kier alpha value is -2.98. The summed E-state index contributed by atoms with van der Waals surface area (Å²) in [5.41, 5.74) is 1.81. The zero-order valence-electron chi connectivity index (χ0n) is 16.5. The van der Waals surface area contributed by atoms with E-state index in [2.05, 4.69) is 0 Å². The van der Waals surface area contributed by atoms with Gasteiger partial charge in [0.2, 0.25) is 5.91 Å². The highest BCUT2D eigenvalue weighted by atomic mass is 35.5. The van der Waals surface area contributed by atoms with Gasteiger partial charge in [-0.05, 0) is 67.9 Å². The number of benzene rings is 3. The van der Waals surface area contributed by atoms with Crippen LogP contribution in [0, 0.1) is 0 Å². The Morgan fingerprint density at radius 2 is 1.41 bits per heavy atom. The van der Waals surface area contributed by atoms with E-state index in [1.165, 1.54) is 0 Å². The van der Waals surface area contributed by atoms with Crippen molar-refractivity contribution in [2.45, 2.75) is 26.5 Å². The van der Waals surface area contributed by atoms with Crippen LogP contribution in [0.1, 0.15) is 19.4 Å². The monoisotopic (exact) mass is 409 g/mol. The molecule has 5 heteroatoms. The summed E-state index contributed by atoms with van der Waals surface area (Å²) >= 11 is 5.82. The van der Waals surface area contributed by atoms with E-state index < -0.39 is 0 Å². The molecular formula is C24H24ClNO3. The summed E-state index contributed by atoms with van der Waals surface area (Å²) in [4.78, 5) is 14.0. The fourth-order valence-electron chi connectivity index (χ4n) is 2.85. The third-order valence-corrected chi connectivity index (χ3v) is 4.41. The summed E-state index contributed by atoms with van der Waals surface area (Å²) in [6, 6.07) is 24.7. The largest absolute Gasteiger partial charge is 0.491 e. The zero-order chi connectivity index (χ0) is 20.6. The highest BCUT2D eigenvalue weighted by Crippen LogP contribution is 2.27. The first-order valence-electron chi connectivity index (χ1n) is 9.50. The predicted octanol–water partition coefficient (Wildman–Crippen LogP) is 6.04. The standard InChI is InChI=1S/C24H24ClNO3/c1-18(2)28-21-12-14-23(15-13-21)29-22-10-8-20(9-11-22)26(24(27)16-25)17-19-6-4-3-5-7-19/h3-15,18H,16-17H2,1-2H3. The van der Waals surface area contributed by atoms with E-state index in [0.29, 0.717) is 18.0 Å². The number of nitrogens with zero attached hydrogens (tertiary/aromatic N) is 1. The average Bonchev–Trinajstić information content (AvgIpc) is 2.74. The van der Waals surface area contributed by atoms with Gasteiger partial charge in [0.1, 0.15) is 23.1 Å². The van der Waals surface area contributed by atoms with Gasteiger partial charge in [0.15, 0.2) is 0 Å². The molecule has 3 rings (SSSR count). The topological polar surface area (TPSA) is 38.8 Å². The van der Waals surface area contributed by atoms with Gasteiger partial charge in [-0.1, -0.05) is 30.3 Å². The maximum Gasteiger partial charge on any atom is 0.242 e. The van der Waals surface area contributed by atoms with Crippen LogP contribution >= 0.6 is 11.6 Å². The van der Waals surface area contributed by atoms with Crippen LogP contribution in [0.5, 0.6) is 17.2 Å². The molecule has 0 unspecified atom stereocenters. The van der Waals surface area contributed by atoms with Gasteiger partial charge < -0.3 is 14.4 Å². The van der Waals surface area contributed by atoms with Crippen LogP contribution in [0.3, 0.4) is 0 Å². The first-order valence-corrected chi connectivity index (χ1v) is 10.0. The van der Waals surface area contributed by atoms with Crippen molar-refractivity contribution in [2.24, 2.45) is 0 Å². The maximum atomic E-state index is 12.4. The first kappa shape index (κ1) is 20.7. The van der Waals surface area contributed by atoms with Gasteiger partial charge in [0, 0.05) is 5.69 Å². The molecule has 3 aromatic rings.